The Labute approximate surface area is 129 Å². The van der Waals surface area contributed by atoms with E-state index in [1.807, 2.05) is 4.90 Å². The van der Waals surface area contributed by atoms with Gasteiger partial charge in [0.05, 0.1) is 5.69 Å². The van der Waals surface area contributed by atoms with E-state index in [0.717, 1.165) is 6.07 Å². The van der Waals surface area contributed by atoms with Crippen LogP contribution in [0.1, 0.15) is 0 Å². The van der Waals surface area contributed by atoms with Crippen molar-refractivity contribution in [3.63, 3.8) is 0 Å². The standard InChI is InChI=1S/C14H13F2N3O2S/c15-10-3-1-2-9(12(10)16)11-8-22-13(17-11)18-4-6-19(7-5-18)14(20)21/h1-3,8H,4-7H2,(H,20,21). The van der Waals surface area contributed by atoms with E-state index >= 15 is 0 Å². The molecule has 1 aromatic heterocycles. The first-order valence-corrected chi connectivity index (χ1v) is 7.57. The largest absolute Gasteiger partial charge is 0.465 e. The summed E-state index contributed by atoms with van der Waals surface area (Å²) in [5.41, 5.74) is 0.518. The predicted molar refractivity (Wildman–Crippen MR) is 79.3 cm³/mol. The molecule has 22 heavy (non-hydrogen) atoms. The highest BCUT2D eigenvalue weighted by Gasteiger charge is 2.23. The Balaban J connectivity index is 1.77. The van der Waals surface area contributed by atoms with E-state index in [-0.39, 0.29) is 5.56 Å². The molecule has 116 valence electrons. The van der Waals surface area contributed by atoms with E-state index in [4.69, 9.17) is 5.11 Å². The molecule has 0 bridgehead atoms. The Morgan fingerprint density at radius 1 is 1.23 bits per heavy atom. The van der Waals surface area contributed by atoms with Gasteiger partial charge in [0, 0.05) is 37.1 Å². The Kier molecular flexibility index (Phi) is 3.93. The second-order valence-electron chi connectivity index (χ2n) is 4.87. The third kappa shape index (κ3) is 2.74. The number of rotatable bonds is 2. The van der Waals surface area contributed by atoms with Gasteiger partial charge in [0.2, 0.25) is 0 Å². The lowest BCUT2D eigenvalue weighted by molar-refractivity contribution is 0.142. The Bertz CT molecular complexity index is 699. The summed E-state index contributed by atoms with van der Waals surface area (Å²) in [5.74, 6) is -1.81. The zero-order chi connectivity index (χ0) is 15.7. The van der Waals surface area contributed by atoms with E-state index < -0.39 is 17.7 Å². The van der Waals surface area contributed by atoms with Crippen molar-refractivity contribution in [2.24, 2.45) is 0 Å². The molecule has 0 spiro atoms. The van der Waals surface area contributed by atoms with Crippen LogP contribution in [0, 0.1) is 11.6 Å². The lowest BCUT2D eigenvalue weighted by Crippen LogP contribution is -2.48. The fourth-order valence-corrected chi connectivity index (χ4v) is 3.20. The van der Waals surface area contributed by atoms with E-state index in [1.165, 1.54) is 28.4 Å². The number of halogens is 2. The number of anilines is 1. The van der Waals surface area contributed by atoms with Crippen molar-refractivity contribution in [2.75, 3.05) is 31.1 Å². The second-order valence-corrected chi connectivity index (χ2v) is 5.71. The molecule has 0 radical (unpaired) electrons. The Morgan fingerprint density at radius 2 is 1.95 bits per heavy atom. The van der Waals surface area contributed by atoms with Crippen molar-refractivity contribution in [3.8, 4) is 11.3 Å². The maximum atomic E-state index is 13.8. The van der Waals surface area contributed by atoms with E-state index in [2.05, 4.69) is 4.98 Å². The predicted octanol–water partition coefficient (Wildman–Crippen LogP) is 2.89. The van der Waals surface area contributed by atoms with Crippen molar-refractivity contribution in [2.45, 2.75) is 0 Å². The van der Waals surface area contributed by atoms with Crippen LogP contribution in [-0.4, -0.2) is 47.3 Å². The van der Waals surface area contributed by atoms with Crippen molar-refractivity contribution in [1.29, 1.82) is 0 Å². The van der Waals surface area contributed by atoms with Gasteiger partial charge in [-0.2, -0.15) is 0 Å². The molecule has 0 unspecified atom stereocenters. The topological polar surface area (TPSA) is 56.7 Å². The first-order chi connectivity index (χ1) is 10.6. The van der Waals surface area contributed by atoms with Crippen molar-refractivity contribution >= 4 is 22.6 Å². The van der Waals surface area contributed by atoms with Crippen molar-refractivity contribution < 1.29 is 18.7 Å². The summed E-state index contributed by atoms with van der Waals surface area (Å²) in [6.07, 6.45) is -0.929. The normalized spacial score (nSPS) is 15.2. The lowest BCUT2D eigenvalue weighted by atomic mass is 10.1. The smallest absolute Gasteiger partial charge is 0.407 e. The minimum absolute atomic E-state index is 0.131. The summed E-state index contributed by atoms with van der Waals surface area (Å²) >= 11 is 1.33. The molecule has 2 heterocycles. The second kappa shape index (κ2) is 5.88. The molecule has 1 N–H and O–H groups in total. The van der Waals surface area contributed by atoms with Crippen LogP contribution >= 0.6 is 11.3 Å². The maximum Gasteiger partial charge on any atom is 0.407 e. The fourth-order valence-electron chi connectivity index (χ4n) is 2.32. The number of hydrogen-bond acceptors (Lipinski definition) is 4. The summed E-state index contributed by atoms with van der Waals surface area (Å²) in [7, 11) is 0. The average Bonchev–Trinajstić information content (AvgIpc) is 3.00. The van der Waals surface area contributed by atoms with Crippen LogP contribution in [0.3, 0.4) is 0 Å². The summed E-state index contributed by atoms with van der Waals surface area (Å²) in [6.45, 7) is 1.87. The highest BCUT2D eigenvalue weighted by molar-refractivity contribution is 7.14. The van der Waals surface area contributed by atoms with Gasteiger partial charge in [0.1, 0.15) is 0 Å². The summed E-state index contributed by atoms with van der Waals surface area (Å²) in [6, 6.07) is 4.00. The summed E-state index contributed by atoms with van der Waals surface area (Å²) < 4.78 is 27.1. The van der Waals surface area contributed by atoms with E-state index in [9.17, 15) is 13.6 Å². The monoisotopic (exact) mass is 325 g/mol. The molecule has 3 rings (SSSR count). The molecule has 1 aromatic carbocycles. The van der Waals surface area contributed by atoms with Gasteiger partial charge in [-0.1, -0.05) is 6.07 Å². The van der Waals surface area contributed by atoms with E-state index in [0.29, 0.717) is 37.0 Å². The van der Waals surface area contributed by atoms with Crippen LogP contribution < -0.4 is 4.90 Å². The summed E-state index contributed by atoms with van der Waals surface area (Å²) in [5, 5.41) is 11.3. The van der Waals surface area contributed by atoms with Gasteiger partial charge in [0.25, 0.3) is 0 Å². The molecular formula is C14H13F2N3O2S. The quantitative estimate of drug-likeness (QED) is 0.922. The SMILES string of the molecule is O=C(O)N1CCN(c2nc(-c3cccc(F)c3F)cs2)CC1. The molecule has 0 aliphatic carbocycles. The molecule has 8 heteroatoms. The van der Waals surface area contributed by atoms with Gasteiger partial charge in [-0.25, -0.2) is 18.6 Å². The number of carboxylic acid groups (broad SMARTS) is 1. The number of aromatic nitrogens is 1. The molecule has 1 aliphatic heterocycles. The van der Waals surface area contributed by atoms with Gasteiger partial charge in [-0.15, -0.1) is 11.3 Å². The number of nitrogens with zero attached hydrogens (tertiary/aromatic N) is 3. The molecular weight excluding hydrogens is 312 g/mol. The fraction of sp³-hybridized carbons (Fsp3) is 0.286. The molecule has 1 fully saturated rings. The third-order valence-corrected chi connectivity index (χ3v) is 4.44. The number of thiazole rings is 1. The minimum atomic E-state index is -0.929. The molecule has 1 saturated heterocycles. The molecule has 1 amide bonds. The number of hydrogen-bond donors (Lipinski definition) is 1. The van der Waals surface area contributed by atoms with Gasteiger partial charge in [0.15, 0.2) is 16.8 Å². The maximum absolute atomic E-state index is 13.8. The van der Waals surface area contributed by atoms with Gasteiger partial charge >= 0.3 is 6.09 Å². The van der Waals surface area contributed by atoms with E-state index in [1.54, 1.807) is 5.38 Å². The first-order valence-electron chi connectivity index (χ1n) is 6.69. The number of benzene rings is 1. The van der Waals surface area contributed by atoms with Gasteiger partial charge < -0.3 is 14.9 Å². The van der Waals surface area contributed by atoms with Gasteiger partial charge in [-0.05, 0) is 12.1 Å². The van der Waals surface area contributed by atoms with Crippen molar-refractivity contribution in [1.82, 2.24) is 9.88 Å². The molecule has 0 atom stereocenters. The van der Waals surface area contributed by atoms with Crippen LogP contribution in [-0.2, 0) is 0 Å². The highest BCUT2D eigenvalue weighted by atomic mass is 32.1. The lowest BCUT2D eigenvalue weighted by Gasteiger charge is -2.32. The highest BCUT2D eigenvalue weighted by Crippen LogP contribution is 2.30. The molecule has 5 nitrogen and oxygen atoms in total. The van der Waals surface area contributed by atoms with Crippen LogP contribution in [0.2, 0.25) is 0 Å². The Hall–Kier alpha value is -2.22. The Morgan fingerprint density at radius 3 is 2.64 bits per heavy atom. The minimum Gasteiger partial charge on any atom is -0.465 e. The molecule has 1 aliphatic rings. The van der Waals surface area contributed by atoms with Crippen molar-refractivity contribution in [3.05, 3.63) is 35.2 Å². The van der Waals surface area contributed by atoms with Crippen LogP contribution in [0.25, 0.3) is 11.3 Å². The van der Waals surface area contributed by atoms with Crippen LogP contribution in [0.4, 0.5) is 18.7 Å². The zero-order valence-corrected chi connectivity index (χ0v) is 12.3. The first kappa shape index (κ1) is 14.7. The summed E-state index contributed by atoms with van der Waals surface area (Å²) in [4.78, 5) is 18.5. The van der Waals surface area contributed by atoms with Crippen LogP contribution in [0.15, 0.2) is 23.6 Å². The number of carbonyl (C=O) groups is 1. The third-order valence-electron chi connectivity index (χ3n) is 3.54. The van der Waals surface area contributed by atoms with Crippen LogP contribution in [0.5, 0.6) is 0 Å². The number of amides is 1. The average molecular weight is 325 g/mol. The molecule has 2 aromatic rings. The number of piperazine rings is 1. The van der Waals surface area contributed by atoms with Gasteiger partial charge in [-0.3, -0.25) is 0 Å². The zero-order valence-electron chi connectivity index (χ0n) is 11.5. The molecule has 0 saturated carbocycles.